The average Bonchev–Trinajstić information content (AvgIpc) is 2.71. The van der Waals surface area contributed by atoms with Crippen molar-refractivity contribution in [1.29, 1.82) is 0 Å². The molecule has 0 radical (unpaired) electrons. The lowest BCUT2D eigenvalue weighted by atomic mass is 9.97. The van der Waals surface area contributed by atoms with Crippen molar-refractivity contribution < 1.29 is 0 Å². The monoisotopic (exact) mass is 303 g/mol. The lowest BCUT2D eigenvalue weighted by molar-refractivity contribution is 0.0530. The predicted molar refractivity (Wildman–Crippen MR) is 86.1 cm³/mol. The zero-order valence-electron chi connectivity index (χ0n) is 12.9. The number of aromatic nitrogens is 3. The van der Waals surface area contributed by atoms with Crippen molar-refractivity contribution in [3.63, 3.8) is 0 Å². The third kappa shape index (κ3) is 3.06. The Morgan fingerprint density at radius 3 is 2.71 bits per heavy atom. The van der Waals surface area contributed by atoms with Crippen molar-refractivity contribution in [2.24, 2.45) is 0 Å². The molecule has 3 rings (SSSR count). The minimum atomic E-state index is 0.422. The minimum absolute atomic E-state index is 0.422. The van der Waals surface area contributed by atoms with Crippen molar-refractivity contribution in [1.82, 2.24) is 19.9 Å². The second kappa shape index (κ2) is 5.69. The molecule has 112 valence electrons. The van der Waals surface area contributed by atoms with Gasteiger partial charge in [-0.3, -0.25) is 4.90 Å². The van der Waals surface area contributed by atoms with E-state index in [2.05, 4.69) is 45.1 Å². The standard InChI is InChI=1S/C15H21N5S/c1-9(2)20-6-5-13(20)12-7-14(18-11(4)17-12)19-15-16-8-10(3)21-15/h7-9,13H,5-6H2,1-4H3,(H,16,17,18,19)/t13-/m1/s1. The van der Waals surface area contributed by atoms with Crippen molar-refractivity contribution >= 4 is 22.3 Å². The highest BCUT2D eigenvalue weighted by molar-refractivity contribution is 7.15. The van der Waals surface area contributed by atoms with Crippen molar-refractivity contribution in [3.05, 3.63) is 28.7 Å². The van der Waals surface area contributed by atoms with Crippen LogP contribution < -0.4 is 5.32 Å². The minimum Gasteiger partial charge on any atom is -0.316 e. The number of aryl methyl sites for hydroxylation is 2. The predicted octanol–water partition coefficient (Wildman–Crippen LogP) is 3.45. The molecule has 2 aromatic rings. The third-order valence-electron chi connectivity index (χ3n) is 3.78. The summed E-state index contributed by atoms with van der Waals surface area (Å²) in [5, 5.41) is 4.17. The first-order valence-electron chi connectivity index (χ1n) is 7.33. The van der Waals surface area contributed by atoms with Crippen LogP contribution in [0.3, 0.4) is 0 Å². The second-order valence-corrected chi connectivity index (χ2v) is 7.00. The first-order chi connectivity index (χ1) is 10.0. The van der Waals surface area contributed by atoms with Crippen LogP contribution in [-0.2, 0) is 0 Å². The molecule has 21 heavy (non-hydrogen) atoms. The number of hydrogen-bond donors (Lipinski definition) is 1. The van der Waals surface area contributed by atoms with E-state index in [-0.39, 0.29) is 0 Å². The summed E-state index contributed by atoms with van der Waals surface area (Å²) in [5.74, 6) is 1.64. The van der Waals surface area contributed by atoms with E-state index in [1.165, 1.54) is 11.3 Å². The van der Waals surface area contributed by atoms with Gasteiger partial charge < -0.3 is 5.32 Å². The maximum absolute atomic E-state index is 4.63. The molecule has 5 nitrogen and oxygen atoms in total. The molecule has 2 aromatic heterocycles. The van der Waals surface area contributed by atoms with Gasteiger partial charge in [0.15, 0.2) is 5.13 Å². The maximum Gasteiger partial charge on any atom is 0.188 e. The fourth-order valence-corrected chi connectivity index (χ4v) is 3.36. The molecule has 3 heterocycles. The highest BCUT2D eigenvalue weighted by Gasteiger charge is 2.32. The Morgan fingerprint density at radius 1 is 1.33 bits per heavy atom. The van der Waals surface area contributed by atoms with Crippen molar-refractivity contribution in [2.45, 2.75) is 46.2 Å². The van der Waals surface area contributed by atoms with E-state index in [0.717, 1.165) is 29.0 Å². The van der Waals surface area contributed by atoms with E-state index in [0.29, 0.717) is 12.1 Å². The zero-order valence-corrected chi connectivity index (χ0v) is 13.7. The van der Waals surface area contributed by atoms with Crippen LogP contribution in [0.2, 0.25) is 0 Å². The number of nitrogens with one attached hydrogen (secondary N) is 1. The number of hydrogen-bond acceptors (Lipinski definition) is 6. The topological polar surface area (TPSA) is 53.9 Å². The molecule has 1 N–H and O–H groups in total. The van der Waals surface area contributed by atoms with E-state index in [1.54, 1.807) is 11.3 Å². The molecule has 1 aliphatic heterocycles. The van der Waals surface area contributed by atoms with Gasteiger partial charge in [0.1, 0.15) is 11.6 Å². The van der Waals surface area contributed by atoms with Gasteiger partial charge in [0.2, 0.25) is 0 Å². The molecule has 0 aliphatic carbocycles. The number of rotatable bonds is 4. The summed E-state index contributed by atoms with van der Waals surface area (Å²) < 4.78 is 0. The molecule has 0 aromatic carbocycles. The van der Waals surface area contributed by atoms with Gasteiger partial charge in [-0.1, -0.05) is 0 Å². The Morgan fingerprint density at radius 2 is 2.14 bits per heavy atom. The molecule has 0 unspecified atom stereocenters. The Labute approximate surface area is 129 Å². The summed E-state index contributed by atoms with van der Waals surface area (Å²) in [6.45, 7) is 9.61. The van der Waals surface area contributed by atoms with Crippen LogP contribution >= 0.6 is 11.3 Å². The van der Waals surface area contributed by atoms with Crippen molar-refractivity contribution in [2.75, 3.05) is 11.9 Å². The van der Waals surface area contributed by atoms with Crippen LogP contribution in [0.1, 0.15) is 42.7 Å². The number of thiazole rings is 1. The second-order valence-electron chi connectivity index (χ2n) is 5.76. The van der Waals surface area contributed by atoms with E-state index in [1.807, 2.05) is 20.0 Å². The molecule has 0 bridgehead atoms. The van der Waals surface area contributed by atoms with Crippen LogP contribution in [-0.4, -0.2) is 32.4 Å². The van der Waals surface area contributed by atoms with Gasteiger partial charge in [-0.15, -0.1) is 11.3 Å². The largest absolute Gasteiger partial charge is 0.316 e. The lowest BCUT2D eigenvalue weighted by Gasteiger charge is -2.43. The van der Waals surface area contributed by atoms with Gasteiger partial charge in [0, 0.05) is 29.7 Å². The molecule has 1 aliphatic rings. The first kappa shape index (κ1) is 14.4. The molecule has 1 saturated heterocycles. The normalized spacial score (nSPS) is 18.8. The van der Waals surface area contributed by atoms with E-state index < -0.39 is 0 Å². The molecular weight excluding hydrogens is 282 g/mol. The van der Waals surface area contributed by atoms with Crippen molar-refractivity contribution in [3.8, 4) is 0 Å². The van der Waals surface area contributed by atoms with Gasteiger partial charge in [-0.2, -0.15) is 0 Å². The molecule has 6 heteroatoms. The van der Waals surface area contributed by atoms with Crippen LogP contribution in [0.5, 0.6) is 0 Å². The Balaban J connectivity index is 1.83. The van der Waals surface area contributed by atoms with Gasteiger partial charge >= 0.3 is 0 Å². The van der Waals surface area contributed by atoms with Crippen LogP contribution in [0.15, 0.2) is 12.3 Å². The Bertz CT molecular complexity index is 637. The van der Waals surface area contributed by atoms with Gasteiger partial charge in [0.05, 0.1) is 11.7 Å². The molecule has 0 amide bonds. The summed E-state index contributed by atoms with van der Waals surface area (Å²) in [4.78, 5) is 17.1. The van der Waals surface area contributed by atoms with Gasteiger partial charge in [-0.25, -0.2) is 15.0 Å². The molecule has 0 saturated carbocycles. The number of nitrogens with zero attached hydrogens (tertiary/aromatic N) is 4. The zero-order chi connectivity index (χ0) is 15.0. The summed E-state index contributed by atoms with van der Waals surface area (Å²) in [7, 11) is 0. The quantitative estimate of drug-likeness (QED) is 0.937. The smallest absolute Gasteiger partial charge is 0.188 e. The summed E-state index contributed by atoms with van der Waals surface area (Å²) in [6.07, 6.45) is 3.04. The first-order valence-corrected chi connectivity index (χ1v) is 8.15. The molecular formula is C15H21N5S. The summed E-state index contributed by atoms with van der Waals surface area (Å²) in [5.41, 5.74) is 1.11. The van der Waals surface area contributed by atoms with Gasteiger partial charge in [0.25, 0.3) is 0 Å². The highest BCUT2D eigenvalue weighted by Crippen LogP contribution is 2.35. The van der Waals surface area contributed by atoms with Crippen LogP contribution in [0, 0.1) is 13.8 Å². The van der Waals surface area contributed by atoms with E-state index >= 15 is 0 Å². The molecule has 0 spiro atoms. The fraction of sp³-hybridized carbons (Fsp3) is 0.533. The lowest BCUT2D eigenvalue weighted by Crippen LogP contribution is -2.45. The van der Waals surface area contributed by atoms with Crippen LogP contribution in [0.4, 0.5) is 10.9 Å². The van der Waals surface area contributed by atoms with E-state index in [4.69, 9.17) is 0 Å². The third-order valence-corrected chi connectivity index (χ3v) is 4.61. The Hall–Kier alpha value is -1.53. The average molecular weight is 303 g/mol. The molecule has 1 atom stereocenters. The summed E-state index contributed by atoms with van der Waals surface area (Å²) >= 11 is 1.63. The van der Waals surface area contributed by atoms with Gasteiger partial charge in [-0.05, 0) is 34.1 Å². The summed E-state index contributed by atoms with van der Waals surface area (Å²) in [6, 6.07) is 3.03. The number of likely N-dealkylation sites (tertiary alicyclic amines) is 1. The van der Waals surface area contributed by atoms with E-state index in [9.17, 15) is 0 Å². The SMILES string of the molecule is Cc1nc(Nc2ncc(C)s2)cc([C@H]2CCN2C(C)C)n1. The van der Waals surface area contributed by atoms with Crippen LogP contribution in [0.25, 0.3) is 0 Å². The highest BCUT2D eigenvalue weighted by atomic mass is 32.1. The maximum atomic E-state index is 4.63. The molecule has 1 fully saturated rings. The fourth-order valence-electron chi connectivity index (χ4n) is 2.69. The Kier molecular flexibility index (Phi) is 3.91. The number of anilines is 2.